The van der Waals surface area contributed by atoms with E-state index in [1.54, 1.807) is 37.4 Å². The van der Waals surface area contributed by atoms with E-state index in [0.717, 1.165) is 12.0 Å². The molecule has 3 nitrogen and oxygen atoms in total. The van der Waals surface area contributed by atoms with Crippen molar-refractivity contribution >= 4 is 23.8 Å². The zero-order chi connectivity index (χ0) is 12.9. The molecule has 0 saturated carbocycles. The third-order valence-corrected chi connectivity index (χ3v) is 2.82. The number of benzene rings is 1. The zero-order valence-corrected chi connectivity index (χ0v) is 10.7. The van der Waals surface area contributed by atoms with Gasteiger partial charge in [-0.2, -0.15) is 0 Å². The summed E-state index contributed by atoms with van der Waals surface area (Å²) >= 11 is 5.76. The fourth-order valence-corrected chi connectivity index (χ4v) is 1.61. The highest BCUT2D eigenvalue weighted by atomic mass is 35.5. The molecule has 0 unspecified atom stereocenters. The van der Waals surface area contributed by atoms with Crippen LogP contribution < -0.4 is 0 Å². The van der Waals surface area contributed by atoms with Crippen LogP contribution in [0.15, 0.2) is 29.3 Å². The Hall–Kier alpha value is -1.35. The minimum absolute atomic E-state index is 0.520. The molecule has 0 bridgehead atoms. The highest BCUT2D eigenvalue weighted by Gasteiger charge is 2.30. The highest BCUT2D eigenvalue weighted by Crippen LogP contribution is 2.18. The maximum absolute atomic E-state index is 11.2. The predicted molar refractivity (Wildman–Crippen MR) is 70.0 cm³/mol. The molecule has 0 amide bonds. The van der Waals surface area contributed by atoms with Crippen molar-refractivity contribution in [1.29, 1.82) is 0 Å². The summed E-state index contributed by atoms with van der Waals surface area (Å²) in [6, 6.07) is 7.11. The van der Waals surface area contributed by atoms with Crippen molar-refractivity contribution in [3.8, 4) is 0 Å². The van der Waals surface area contributed by atoms with Crippen LogP contribution in [0.4, 0.5) is 0 Å². The largest absolute Gasteiger partial charge is 0.479 e. The number of carboxylic acid groups (broad SMARTS) is 1. The van der Waals surface area contributed by atoms with E-state index in [4.69, 9.17) is 16.7 Å². The average molecular weight is 254 g/mol. The van der Waals surface area contributed by atoms with Gasteiger partial charge in [-0.25, -0.2) is 4.79 Å². The molecule has 0 aliphatic rings. The molecule has 1 aromatic rings. The van der Waals surface area contributed by atoms with Crippen LogP contribution in [-0.4, -0.2) is 22.8 Å². The first kappa shape index (κ1) is 13.7. The Kier molecular flexibility index (Phi) is 4.70. The summed E-state index contributed by atoms with van der Waals surface area (Å²) in [7, 11) is 0. The second kappa shape index (κ2) is 5.82. The van der Waals surface area contributed by atoms with Crippen LogP contribution in [0.25, 0.3) is 0 Å². The summed E-state index contributed by atoms with van der Waals surface area (Å²) < 4.78 is 0. The van der Waals surface area contributed by atoms with Crippen molar-refractivity contribution in [3.63, 3.8) is 0 Å². The number of carboxylic acids is 1. The molecule has 0 radical (unpaired) electrons. The Labute approximate surface area is 106 Å². The molecule has 0 fully saturated rings. The molecule has 1 N–H and O–H groups in total. The van der Waals surface area contributed by atoms with Gasteiger partial charge in [0, 0.05) is 11.2 Å². The standard InChI is InChI=1S/C13H16ClNO2/c1-3-8-13(2,12(16)17)15-9-10-4-6-11(14)7-5-10/h4-7,9H,3,8H2,1-2H3,(H,16,17)/t13-/m1/s1. The van der Waals surface area contributed by atoms with Gasteiger partial charge < -0.3 is 5.11 Å². The molecule has 17 heavy (non-hydrogen) atoms. The number of hydrogen-bond acceptors (Lipinski definition) is 2. The highest BCUT2D eigenvalue weighted by molar-refractivity contribution is 6.30. The predicted octanol–water partition coefficient (Wildman–Crippen LogP) is 3.40. The van der Waals surface area contributed by atoms with E-state index in [1.165, 1.54) is 0 Å². The van der Waals surface area contributed by atoms with Gasteiger partial charge in [0.25, 0.3) is 0 Å². The van der Waals surface area contributed by atoms with Gasteiger partial charge in [-0.15, -0.1) is 0 Å². The van der Waals surface area contributed by atoms with Crippen molar-refractivity contribution < 1.29 is 9.90 Å². The minimum Gasteiger partial charge on any atom is -0.479 e. The number of nitrogens with zero attached hydrogens (tertiary/aromatic N) is 1. The lowest BCUT2D eigenvalue weighted by Gasteiger charge is -2.18. The molecule has 0 saturated heterocycles. The molecule has 1 aromatic carbocycles. The topological polar surface area (TPSA) is 49.7 Å². The van der Waals surface area contributed by atoms with E-state index < -0.39 is 11.5 Å². The molecule has 4 heteroatoms. The zero-order valence-electron chi connectivity index (χ0n) is 9.98. The van der Waals surface area contributed by atoms with Gasteiger partial charge >= 0.3 is 5.97 Å². The normalized spacial score (nSPS) is 14.8. The van der Waals surface area contributed by atoms with E-state index in [-0.39, 0.29) is 0 Å². The molecule has 0 aromatic heterocycles. The fraction of sp³-hybridized carbons (Fsp3) is 0.385. The van der Waals surface area contributed by atoms with Crippen LogP contribution in [0.5, 0.6) is 0 Å². The van der Waals surface area contributed by atoms with Crippen LogP contribution in [0.3, 0.4) is 0 Å². The summed E-state index contributed by atoms with van der Waals surface area (Å²) in [5, 5.41) is 9.80. The Balaban J connectivity index is 2.86. The average Bonchev–Trinajstić information content (AvgIpc) is 2.28. The molecule has 92 valence electrons. The van der Waals surface area contributed by atoms with E-state index in [1.807, 2.05) is 6.92 Å². The Morgan fingerprint density at radius 3 is 2.53 bits per heavy atom. The summed E-state index contributed by atoms with van der Waals surface area (Å²) in [4.78, 5) is 15.3. The SMILES string of the molecule is CCC[C@@](C)(N=Cc1ccc(Cl)cc1)C(=O)O. The molecule has 1 atom stereocenters. The molecule has 0 spiro atoms. The monoisotopic (exact) mass is 253 g/mol. The van der Waals surface area contributed by atoms with Crippen molar-refractivity contribution in [3.05, 3.63) is 34.9 Å². The fourth-order valence-electron chi connectivity index (χ4n) is 1.48. The van der Waals surface area contributed by atoms with E-state index in [9.17, 15) is 4.79 Å². The van der Waals surface area contributed by atoms with Gasteiger partial charge in [-0.05, 0) is 31.0 Å². The lowest BCUT2D eigenvalue weighted by atomic mass is 9.97. The summed E-state index contributed by atoms with van der Waals surface area (Å²) in [5.74, 6) is -0.899. The molecule has 0 aliphatic carbocycles. The first-order valence-corrected chi connectivity index (χ1v) is 5.90. The van der Waals surface area contributed by atoms with E-state index in [0.29, 0.717) is 11.4 Å². The van der Waals surface area contributed by atoms with Crippen LogP contribution in [0.2, 0.25) is 5.02 Å². The summed E-state index contributed by atoms with van der Waals surface area (Å²) in [6.07, 6.45) is 2.88. The van der Waals surface area contributed by atoms with Crippen LogP contribution in [-0.2, 0) is 4.79 Å². The Morgan fingerprint density at radius 2 is 2.06 bits per heavy atom. The van der Waals surface area contributed by atoms with Gasteiger partial charge in [-0.1, -0.05) is 37.1 Å². The number of aliphatic carboxylic acids is 1. The Bertz CT molecular complexity index is 414. The van der Waals surface area contributed by atoms with Crippen LogP contribution in [0, 0.1) is 0 Å². The van der Waals surface area contributed by atoms with E-state index >= 15 is 0 Å². The first-order chi connectivity index (χ1) is 7.98. The Morgan fingerprint density at radius 1 is 1.47 bits per heavy atom. The van der Waals surface area contributed by atoms with Crippen molar-refractivity contribution in [1.82, 2.24) is 0 Å². The van der Waals surface area contributed by atoms with Gasteiger partial charge in [0.15, 0.2) is 5.54 Å². The maximum Gasteiger partial charge on any atom is 0.331 e. The smallest absolute Gasteiger partial charge is 0.331 e. The quantitative estimate of drug-likeness (QED) is 0.818. The number of hydrogen-bond donors (Lipinski definition) is 1. The molecular weight excluding hydrogens is 238 g/mol. The second-order valence-corrected chi connectivity index (χ2v) is 4.58. The van der Waals surface area contributed by atoms with Crippen LogP contribution in [0.1, 0.15) is 32.3 Å². The van der Waals surface area contributed by atoms with Crippen molar-refractivity contribution in [2.45, 2.75) is 32.2 Å². The summed E-state index contributed by atoms with van der Waals surface area (Å²) in [6.45, 7) is 3.57. The number of carbonyl (C=O) groups is 1. The molecular formula is C13H16ClNO2. The maximum atomic E-state index is 11.2. The van der Waals surface area contributed by atoms with E-state index in [2.05, 4.69) is 4.99 Å². The third-order valence-electron chi connectivity index (χ3n) is 2.57. The minimum atomic E-state index is -1.05. The lowest BCUT2D eigenvalue weighted by molar-refractivity contribution is -0.142. The summed E-state index contributed by atoms with van der Waals surface area (Å²) in [5.41, 5.74) is -0.202. The third kappa shape index (κ3) is 3.86. The molecule has 0 heterocycles. The van der Waals surface area contributed by atoms with Crippen molar-refractivity contribution in [2.24, 2.45) is 4.99 Å². The molecule has 0 aliphatic heterocycles. The van der Waals surface area contributed by atoms with Gasteiger partial charge in [0.05, 0.1) is 0 Å². The first-order valence-electron chi connectivity index (χ1n) is 5.52. The molecule has 1 rings (SSSR count). The number of rotatable bonds is 5. The van der Waals surface area contributed by atoms with Crippen molar-refractivity contribution in [2.75, 3.05) is 0 Å². The van der Waals surface area contributed by atoms with Crippen LogP contribution >= 0.6 is 11.6 Å². The second-order valence-electron chi connectivity index (χ2n) is 4.14. The number of aliphatic imine (C=N–C) groups is 1. The van der Waals surface area contributed by atoms with Gasteiger partial charge in [0.1, 0.15) is 0 Å². The van der Waals surface area contributed by atoms with Gasteiger partial charge in [0.2, 0.25) is 0 Å². The lowest BCUT2D eigenvalue weighted by Crippen LogP contribution is -2.32. The van der Waals surface area contributed by atoms with Gasteiger partial charge in [-0.3, -0.25) is 4.99 Å². The number of halogens is 1.